The Balaban J connectivity index is -0.00000175. The summed E-state index contributed by atoms with van der Waals surface area (Å²) in [5.41, 5.74) is 7.93. The summed E-state index contributed by atoms with van der Waals surface area (Å²) in [7, 11) is -3.90. The van der Waals surface area contributed by atoms with Crippen LogP contribution in [0, 0.1) is 38.5 Å². The van der Waals surface area contributed by atoms with Crippen LogP contribution in [0.3, 0.4) is 0 Å². The zero-order chi connectivity index (χ0) is 32.0. The van der Waals surface area contributed by atoms with Crippen molar-refractivity contribution in [3.8, 4) is 0 Å². The van der Waals surface area contributed by atoms with Gasteiger partial charge in [-0.1, -0.05) is 133 Å². The number of allylic oxidation sites excluding steroid dienone is 4. The SMILES string of the molecule is CC1=C(C)C([Si](C)(CC[Si](C)([N-]C(C)(C)C)C2C(C)=C(C)C(C)C2C)[N-]C(C)(C)C)C(C)C1C.[CH3-].[CH3-].[I][Ti][I].[I][Ti][I]. The van der Waals surface area contributed by atoms with E-state index in [4.69, 9.17) is 9.96 Å². The number of rotatable bonds is 7. The van der Waals surface area contributed by atoms with Crippen LogP contribution in [-0.4, -0.2) is 27.5 Å². The van der Waals surface area contributed by atoms with Crippen molar-refractivity contribution in [2.45, 2.75) is 144 Å². The van der Waals surface area contributed by atoms with E-state index in [1.807, 2.05) is 0 Å². The van der Waals surface area contributed by atoms with Gasteiger partial charge in [-0.2, -0.15) is 0 Å². The number of hydrogen-bond donors (Lipinski definition) is 0. The van der Waals surface area contributed by atoms with Crippen molar-refractivity contribution >= 4 is 93.2 Å². The summed E-state index contributed by atoms with van der Waals surface area (Å²) in [4.78, 5) is 11.5. The molecule has 2 aliphatic rings. The van der Waals surface area contributed by atoms with Crippen molar-refractivity contribution in [1.29, 1.82) is 0 Å². The summed E-state index contributed by atoms with van der Waals surface area (Å²) in [5.74, 6) is 2.76. The maximum atomic E-state index is 5.76. The molecule has 0 radical (unpaired) electrons. The van der Waals surface area contributed by atoms with Gasteiger partial charge in [-0.05, 0) is 62.4 Å². The zero-order valence-electron chi connectivity index (χ0n) is 30.3. The number of halogens is 4. The van der Waals surface area contributed by atoms with Crippen LogP contribution < -0.4 is 0 Å². The number of hydrogen-bond acceptors (Lipinski definition) is 0. The van der Waals surface area contributed by atoms with E-state index in [0.29, 0.717) is 58.1 Å². The van der Waals surface area contributed by atoms with Crippen molar-refractivity contribution in [1.82, 2.24) is 0 Å². The van der Waals surface area contributed by atoms with Gasteiger partial charge in [0.05, 0.1) is 0 Å². The zero-order valence-corrected chi connectivity index (χ0v) is 44.0. The molecule has 2 rings (SSSR count). The van der Waals surface area contributed by atoms with E-state index in [1.54, 1.807) is 22.3 Å². The molecule has 250 valence electrons. The molecule has 0 heterocycles. The molecule has 0 saturated carbocycles. The van der Waals surface area contributed by atoms with Gasteiger partial charge in [-0.15, -0.1) is 11.1 Å². The molecular formula is C32H64I4N2Si2Ti2-4. The minimum atomic E-state index is -1.95. The molecule has 0 N–H and O–H groups in total. The van der Waals surface area contributed by atoms with Crippen LogP contribution >= 0.6 is 76.8 Å². The van der Waals surface area contributed by atoms with Crippen molar-refractivity contribution in [3.05, 3.63) is 47.1 Å². The maximum absolute atomic E-state index is 5.76. The van der Waals surface area contributed by atoms with Gasteiger partial charge in [-0.25, -0.2) is 0 Å². The first-order valence-corrected chi connectivity index (χ1v) is 40.3. The fourth-order valence-electron chi connectivity index (χ4n) is 8.03. The second kappa shape index (κ2) is 21.4. The van der Waals surface area contributed by atoms with E-state index in [2.05, 4.69) is 187 Å². The Labute approximate surface area is 326 Å². The topological polar surface area (TPSA) is 28.2 Å². The normalized spacial score (nSPS) is 28.7. The summed E-state index contributed by atoms with van der Waals surface area (Å²) in [6.07, 6.45) is 0. The molecule has 0 amide bonds. The van der Waals surface area contributed by atoms with Crippen LogP contribution in [0.4, 0.5) is 0 Å². The second-order valence-electron chi connectivity index (χ2n) is 14.9. The molecule has 0 saturated heterocycles. The molecule has 0 aliphatic heterocycles. The number of nitrogens with zero attached hydrogens (tertiary/aromatic N) is 2. The monoisotopic (exact) mass is 1140 g/mol. The van der Waals surface area contributed by atoms with E-state index in [-0.39, 0.29) is 25.9 Å². The Morgan fingerprint density at radius 2 is 0.786 bits per heavy atom. The quantitative estimate of drug-likeness (QED) is 0.105. The van der Waals surface area contributed by atoms with Gasteiger partial charge in [-0.3, -0.25) is 0 Å². The Morgan fingerprint density at radius 3 is 0.929 bits per heavy atom. The van der Waals surface area contributed by atoms with Crippen LogP contribution in [0.5, 0.6) is 0 Å². The molecule has 10 heteroatoms. The fraction of sp³-hybridized carbons (Fsp3) is 0.812. The molecule has 2 aliphatic carbocycles. The van der Waals surface area contributed by atoms with Gasteiger partial charge in [0.2, 0.25) is 0 Å². The van der Waals surface area contributed by atoms with Gasteiger partial charge < -0.3 is 24.8 Å². The minimum absolute atomic E-state index is 0. The van der Waals surface area contributed by atoms with Crippen molar-refractivity contribution in [2.75, 3.05) is 0 Å². The first kappa shape index (κ1) is 50.6. The third-order valence-electron chi connectivity index (χ3n) is 9.83. The van der Waals surface area contributed by atoms with E-state index in [9.17, 15) is 0 Å². The van der Waals surface area contributed by atoms with Gasteiger partial charge in [0.25, 0.3) is 0 Å². The summed E-state index contributed by atoms with van der Waals surface area (Å²) in [6, 6.07) is 2.56. The third-order valence-corrected chi connectivity index (χ3v) is 19.8. The van der Waals surface area contributed by atoms with Crippen molar-refractivity contribution < 1.29 is 23.3 Å². The molecule has 42 heavy (non-hydrogen) atoms. The van der Waals surface area contributed by atoms with Crippen molar-refractivity contribution in [2.24, 2.45) is 23.7 Å². The standard InChI is InChI=1S/C30H58N2Si2.2CH3.4HI.2Ti/c1-19-20(2)24(6)27(23(19)5)33(15,31-29(9,10)11)17-18-34(16,32-30(12,13)14)28-25(7)21(3)22(4)26(28)8;;;;;;;;/h19,21,23,25,27-28H,17-18H2,1-16H3;2*1H3;4*1H;;/q-2;2*-1;;;;;2*+2/p-4. The Hall–Kier alpha value is 4.18. The van der Waals surface area contributed by atoms with Crippen LogP contribution in [0.15, 0.2) is 22.3 Å². The molecule has 0 aromatic carbocycles. The van der Waals surface area contributed by atoms with E-state index in [1.165, 1.54) is 12.1 Å². The summed E-state index contributed by atoms with van der Waals surface area (Å²) >= 11 is 10.5. The van der Waals surface area contributed by atoms with E-state index >= 15 is 0 Å². The van der Waals surface area contributed by atoms with Crippen LogP contribution in [0.2, 0.25) is 36.3 Å². The third kappa shape index (κ3) is 14.6. The molecule has 0 spiro atoms. The summed E-state index contributed by atoms with van der Waals surface area (Å²) in [5, 5.41) is 0. The molecule has 8 unspecified atom stereocenters. The predicted octanol–water partition coefficient (Wildman–Crippen LogP) is 14.9. The molecule has 8 atom stereocenters. The Kier molecular flexibility index (Phi) is 25.8. The van der Waals surface area contributed by atoms with E-state index < -0.39 is 16.5 Å². The first-order chi connectivity index (χ1) is 18.0. The molecule has 0 aromatic rings. The average molecular weight is 1140 g/mol. The van der Waals surface area contributed by atoms with Gasteiger partial charge in [0.1, 0.15) is 0 Å². The van der Waals surface area contributed by atoms with Gasteiger partial charge in [0, 0.05) is 0 Å². The Morgan fingerprint density at radius 1 is 0.571 bits per heavy atom. The summed E-state index contributed by atoms with van der Waals surface area (Å²) < 4.78 is 0. The van der Waals surface area contributed by atoms with Crippen molar-refractivity contribution in [3.63, 3.8) is 0 Å². The molecule has 0 bridgehead atoms. The molecule has 2 nitrogen and oxygen atoms in total. The first-order valence-electron chi connectivity index (χ1n) is 14.7. The summed E-state index contributed by atoms with van der Waals surface area (Å²) in [6.45, 7) is 38.7. The average Bonchev–Trinajstić information content (AvgIpc) is 3.10. The van der Waals surface area contributed by atoms with E-state index in [0.717, 1.165) is 0 Å². The predicted molar refractivity (Wildman–Crippen MR) is 229 cm³/mol. The van der Waals surface area contributed by atoms with Gasteiger partial charge in [0.15, 0.2) is 0 Å². The van der Waals surface area contributed by atoms with Crippen LogP contribution in [0.1, 0.15) is 96.9 Å². The van der Waals surface area contributed by atoms with Gasteiger partial charge >= 0.3 is 100 Å². The Bertz CT molecular complexity index is 806. The molecule has 0 aromatic heterocycles. The fourth-order valence-corrected chi connectivity index (χ4v) is 21.4. The second-order valence-corrected chi connectivity index (χ2v) is 49.4. The van der Waals surface area contributed by atoms with Crippen LogP contribution in [0.25, 0.3) is 9.96 Å². The molecular weight excluding hydrogens is 1070 g/mol. The molecule has 0 fully saturated rings. The van der Waals surface area contributed by atoms with Crippen LogP contribution in [-0.2, 0) is 23.3 Å².